The summed E-state index contributed by atoms with van der Waals surface area (Å²) in [5.74, 6) is 4.29. The highest BCUT2D eigenvalue weighted by Gasteiger charge is 2.23. The number of para-hydroxylation sites is 2. The molecule has 9 heterocycles. The first-order valence-electron chi connectivity index (χ1n) is 31.7. The molecule has 13 aromatic rings. The van der Waals surface area contributed by atoms with Gasteiger partial charge in [0.25, 0.3) is 0 Å². The Hall–Kier alpha value is -12.6. The van der Waals surface area contributed by atoms with E-state index in [0.717, 1.165) is 78.5 Å². The molecule has 7 N–H and O–H groups in total. The molecule has 0 bridgehead atoms. The van der Waals surface area contributed by atoms with Crippen molar-refractivity contribution in [2.75, 3.05) is 27.4 Å². The number of rotatable bonds is 11. The predicted molar refractivity (Wildman–Crippen MR) is 391 cm³/mol. The van der Waals surface area contributed by atoms with E-state index in [9.17, 15) is 14.4 Å². The Labute approximate surface area is 589 Å². The first-order chi connectivity index (χ1) is 48.2. The number of nitrogens with one attached hydrogen (secondary N) is 3. The van der Waals surface area contributed by atoms with Crippen molar-refractivity contribution in [1.29, 1.82) is 0 Å². The molecule has 13 rings (SSSR count). The number of carbonyl (C=O) groups is 3. The monoisotopic (exact) mass is 1380 g/mol. The number of halogens is 1. The van der Waals surface area contributed by atoms with Crippen molar-refractivity contribution in [2.24, 2.45) is 0 Å². The zero-order chi connectivity index (χ0) is 72.3. The van der Waals surface area contributed by atoms with Gasteiger partial charge in [0.05, 0.1) is 23.8 Å². The quantitative estimate of drug-likeness (QED) is 0.0593. The topological polar surface area (TPSA) is 323 Å². The van der Waals surface area contributed by atoms with Crippen LogP contribution in [0.5, 0.6) is 11.5 Å². The van der Waals surface area contributed by atoms with Crippen LogP contribution in [0, 0.1) is 13.8 Å². The van der Waals surface area contributed by atoms with Gasteiger partial charge < -0.3 is 39.8 Å². The third-order valence-electron chi connectivity index (χ3n) is 14.7. The fourth-order valence-electron chi connectivity index (χ4n) is 9.22. The van der Waals surface area contributed by atoms with Gasteiger partial charge in [0.1, 0.15) is 28.8 Å². The van der Waals surface area contributed by atoms with Crippen molar-refractivity contribution >= 4 is 58.0 Å². The summed E-state index contributed by atoms with van der Waals surface area (Å²) in [6.45, 7) is 22.2. The van der Waals surface area contributed by atoms with Gasteiger partial charge in [0.2, 0.25) is 0 Å². The summed E-state index contributed by atoms with van der Waals surface area (Å²) in [4.78, 5) is 51.3. The minimum atomic E-state index is -0.814. The number of pyridine rings is 4. The molecular formula is C76H77ClN16O8. The molecule has 0 aliphatic heterocycles. The van der Waals surface area contributed by atoms with Crippen LogP contribution in [0.25, 0.3) is 55.9 Å². The molecule has 0 aliphatic rings. The number of nitrogens with zero attached hydrogens (tertiary/aromatic N) is 11. The third-order valence-corrected chi connectivity index (χ3v) is 14.7. The number of nitrogen functional groups attached to an aromatic ring is 2. The molecule has 25 heteroatoms. The minimum Gasteiger partial charge on any atom is -0.415 e. The first kappa shape index (κ1) is 72.7. The summed E-state index contributed by atoms with van der Waals surface area (Å²) in [6.07, 6.45) is 21.4. The number of hydrogen-bond acceptors (Lipinski definition) is 19. The van der Waals surface area contributed by atoms with Crippen LogP contribution in [-0.4, -0.2) is 72.5 Å². The maximum atomic E-state index is 12.6. The van der Waals surface area contributed by atoms with Crippen molar-refractivity contribution in [3.05, 3.63) is 254 Å². The van der Waals surface area contributed by atoms with E-state index in [2.05, 4.69) is 78.4 Å². The number of urea groups is 1. The van der Waals surface area contributed by atoms with E-state index < -0.39 is 17.6 Å². The van der Waals surface area contributed by atoms with Crippen molar-refractivity contribution in [2.45, 2.75) is 92.4 Å². The molecule has 0 unspecified atom stereocenters. The summed E-state index contributed by atoms with van der Waals surface area (Å²) in [7, 11) is 0. The average molecular weight is 1380 g/mol. The lowest BCUT2D eigenvalue weighted by Crippen LogP contribution is -2.19. The average Bonchev–Trinajstić information content (AvgIpc) is 1.75. The number of hydrogen-bond donors (Lipinski definition) is 5. The van der Waals surface area contributed by atoms with Crippen LogP contribution in [0.2, 0.25) is 0 Å². The fourth-order valence-corrected chi connectivity index (χ4v) is 9.31. The summed E-state index contributed by atoms with van der Waals surface area (Å²) < 4.78 is 28.7. The Morgan fingerprint density at radius 2 is 0.861 bits per heavy atom. The van der Waals surface area contributed by atoms with E-state index in [4.69, 9.17) is 41.4 Å². The van der Waals surface area contributed by atoms with Crippen LogP contribution in [0.3, 0.4) is 0 Å². The Balaban J connectivity index is 0.000000161. The molecule has 24 nitrogen and oxygen atoms in total. The van der Waals surface area contributed by atoms with Crippen molar-refractivity contribution in [3.8, 4) is 67.4 Å². The number of amides is 3. The number of anilines is 5. The maximum Gasteiger partial charge on any atom is 0.418 e. The molecule has 0 saturated heterocycles. The summed E-state index contributed by atoms with van der Waals surface area (Å²) in [5.41, 5.74) is 23.5. The fraction of sp³-hybridized carbons (Fsp3) is 0.184. The Bertz CT molecular complexity index is 4840. The molecule has 4 aromatic carbocycles. The molecule has 0 aliphatic carbocycles. The van der Waals surface area contributed by atoms with Gasteiger partial charge in [-0.2, -0.15) is 10.2 Å². The summed E-state index contributed by atoms with van der Waals surface area (Å²) in [6, 6.07) is 45.7. The number of carbonyl (C=O) groups excluding carboxylic acids is 3. The number of benzene rings is 4. The molecule has 101 heavy (non-hydrogen) atoms. The van der Waals surface area contributed by atoms with Crippen molar-refractivity contribution < 1.29 is 37.4 Å². The van der Waals surface area contributed by atoms with E-state index in [1.807, 2.05) is 197 Å². The normalized spacial score (nSPS) is 11.0. The smallest absolute Gasteiger partial charge is 0.415 e. The second-order valence-electron chi connectivity index (χ2n) is 25.9. The second-order valence-corrected chi connectivity index (χ2v) is 26.2. The van der Waals surface area contributed by atoms with Crippen LogP contribution in [-0.2, 0) is 16.2 Å². The zero-order valence-electron chi connectivity index (χ0n) is 57.6. The lowest BCUT2D eigenvalue weighted by Gasteiger charge is -2.12. The third kappa shape index (κ3) is 21.5. The van der Waals surface area contributed by atoms with Crippen LogP contribution < -0.4 is 36.9 Å². The number of aromatic nitrogens is 11. The second kappa shape index (κ2) is 33.1. The van der Waals surface area contributed by atoms with Crippen molar-refractivity contribution in [1.82, 2.24) is 55.0 Å². The van der Waals surface area contributed by atoms with Crippen LogP contribution >= 0.6 is 11.6 Å². The van der Waals surface area contributed by atoms with Gasteiger partial charge in [-0.15, -0.1) is 0 Å². The van der Waals surface area contributed by atoms with E-state index >= 15 is 0 Å². The Morgan fingerprint density at radius 1 is 0.436 bits per heavy atom. The van der Waals surface area contributed by atoms with Gasteiger partial charge in [-0.3, -0.25) is 30.6 Å². The van der Waals surface area contributed by atoms with E-state index in [1.54, 1.807) is 102 Å². The lowest BCUT2D eigenvalue weighted by atomic mass is 9.93. The molecule has 9 aromatic heterocycles. The van der Waals surface area contributed by atoms with Crippen LogP contribution in [0.15, 0.2) is 240 Å². The van der Waals surface area contributed by atoms with Gasteiger partial charge in [-0.05, 0) is 121 Å². The Kier molecular flexibility index (Phi) is 23.8. The predicted octanol–water partition coefficient (Wildman–Crippen LogP) is 17.7. The van der Waals surface area contributed by atoms with Gasteiger partial charge in [-0.25, -0.2) is 23.7 Å². The molecule has 3 amide bonds. The van der Waals surface area contributed by atoms with Crippen LogP contribution in [0.4, 0.5) is 43.2 Å². The molecule has 0 saturated carbocycles. The van der Waals surface area contributed by atoms with Crippen molar-refractivity contribution in [3.63, 3.8) is 0 Å². The standard InChI is InChI=1S/C28H27N7O2.C20H17N5.C14H16N2O3.C7H5ClO2.C7H12N2O/c1-18-5-6-23(32-27(36)33-26-13-25(37-34-26)28(2,3)4)12-24(18)35-17-22(16-31-35)21-11-20(14-30-15-21)19-7-9-29-10-8-19;1-14-2-3-19(21)9-20(14)25-13-18(12-24-25)17-8-16(10-23-11-17)15-4-6-22-7-5-15;1-14(2,3)11-9-12(16-19-11)15-13(17)18-10-7-5-4-6-8-10;8-7(9)10-6-4-2-1-3-5-6;1-7(2,3)5-4-6(8)9-10-5/h5-17H,1-4H3,(H2,32,33,34,36);2-13H,21H2,1H3;4-9H,1-3H3,(H,15,16,17);1-5H;4H,1-3H3,(H2,8,9). The minimum absolute atomic E-state index is 0.00458. The van der Waals surface area contributed by atoms with Gasteiger partial charge in [0, 0.05) is 153 Å². The van der Waals surface area contributed by atoms with Gasteiger partial charge in [0.15, 0.2) is 17.5 Å². The van der Waals surface area contributed by atoms with Crippen LogP contribution in [0.1, 0.15) is 90.7 Å². The highest BCUT2D eigenvalue weighted by atomic mass is 35.5. The van der Waals surface area contributed by atoms with Gasteiger partial charge >= 0.3 is 17.6 Å². The highest BCUT2D eigenvalue weighted by molar-refractivity contribution is 6.61. The highest BCUT2D eigenvalue weighted by Crippen LogP contribution is 2.31. The van der Waals surface area contributed by atoms with Gasteiger partial charge in [-0.1, -0.05) is 126 Å². The zero-order valence-corrected chi connectivity index (χ0v) is 58.3. The Morgan fingerprint density at radius 3 is 1.30 bits per heavy atom. The maximum absolute atomic E-state index is 12.6. The molecule has 0 fully saturated rings. The first-order valence-corrected chi connectivity index (χ1v) is 32.1. The molecule has 516 valence electrons. The summed E-state index contributed by atoms with van der Waals surface area (Å²) in [5, 5.41) is 28.4. The van der Waals surface area contributed by atoms with E-state index in [1.165, 1.54) is 0 Å². The SMILES string of the molecule is CC(C)(C)c1cc(N)no1.CC(C)(C)c1cc(NC(=O)Oc2ccccc2)no1.Cc1ccc(N)cc1-n1cc(-c2cncc(-c3ccncc3)c2)cn1.Cc1ccc(NC(=O)Nc2cc(C(C)(C)C)on2)cc1-n1cc(-c2cncc(-c3ccncc3)c2)cn1.O=C(Cl)Oc1ccccc1. The molecular weight excluding hydrogens is 1300 g/mol. The molecule has 0 spiro atoms. The summed E-state index contributed by atoms with van der Waals surface area (Å²) >= 11 is 4.95. The number of aryl methyl sites for hydroxylation is 2. The van der Waals surface area contributed by atoms with E-state index in [0.29, 0.717) is 46.2 Å². The number of nitrogens with two attached hydrogens (primary N) is 2. The molecule has 0 atom stereocenters. The lowest BCUT2D eigenvalue weighted by molar-refractivity contribution is 0.214. The largest absolute Gasteiger partial charge is 0.418 e. The molecule has 0 radical (unpaired) electrons. The number of ether oxygens (including phenoxy) is 2. The van der Waals surface area contributed by atoms with E-state index in [-0.39, 0.29) is 16.2 Å².